The molecular weight excluding hydrogens is 158 g/mol. The Morgan fingerprint density at radius 3 is 1.92 bits per heavy atom. The summed E-state index contributed by atoms with van der Waals surface area (Å²) in [6.45, 7) is 6.75. The van der Waals surface area contributed by atoms with E-state index >= 15 is 0 Å². The van der Waals surface area contributed by atoms with Gasteiger partial charge in [-0.15, -0.1) is 0 Å². The Labute approximate surface area is 71.1 Å². The third-order valence-corrected chi connectivity index (χ3v) is 1.62. The maximum atomic E-state index is 10.8. The van der Waals surface area contributed by atoms with Crippen molar-refractivity contribution in [1.29, 1.82) is 0 Å². The van der Waals surface area contributed by atoms with Gasteiger partial charge in [-0.3, -0.25) is 4.79 Å². The highest BCUT2D eigenvalue weighted by atomic mass is 16.4. The predicted molar refractivity (Wildman–Crippen MR) is 44.3 cm³/mol. The lowest BCUT2D eigenvalue weighted by Crippen LogP contribution is -2.31. The number of amides is 1. The highest BCUT2D eigenvalue weighted by Gasteiger charge is 2.26. The summed E-state index contributed by atoms with van der Waals surface area (Å²) in [5.41, 5.74) is 4.87. The van der Waals surface area contributed by atoms with Crippen LogP contribution in [0.2, 0.25) is 0 Å². The normalized spacial score (nSPS) is 12.6. The minimum absolute atomic E-state index is 0.133. The lowest BCUT2D eigenvalue weighted by molar-refractivity contribution is -0.135. The number of aliphatic carboxylic acids is 1. The average Bonchev–Trinajstić information content (AvgIpc) is 1.85. The molecule has 0 radical (unpaired) electrons. The summed E-state index contributed by atoms with van der Waals surface area (Å²) in [5, 5.41) is 8.54. The Balaban J connectivity index is 4.64. The topological polar surface area (TPSA) is 80.4 Å². The van der Waals surface area contributed by atoms with Gasteiger partial charge in [-0.25, -0.2) is 4.79 Å². The van der Waals surface area contributed by atoms with Gasteiger partial charge < -0.3 is 10.8 Å². The second-order valence-electron chi connectivity index (χ2n) is 2.95. The predicted octanol–water partition coefficient (Wildman–Crippen LogP) is 0.385. The standard InChI is InChI=1S/C8H13NO3/c1-4(2)6(7(9)10)5(3)8(11)12/h4,6H,3H2,1-2H3,(H2,9,10)(H,11,12). The van der Waals surface area contributed by atoms with E-state index in [1.54, 1.807) is 13.8 Å². The van der Waals surface area contributed by atoms with Crippen LogP contribution in [0.1, 0.15) is 13.8 Å². The van der Waals surface area contributed by atoms with Gasteiger partial charge in [0.15, 0.2) is 0 Å². The smallest absolute Gasteiger partial charge is 0.331 e. The number of carbonyl (C=O) groups is 2. The van der Waals surface area contributed by atoms with E-state index in [9.17, 15) is 9.59 Å². The fraction of sp³-hybridized carbons (Fsp3) is 0.500. The summed E-state index contributed by atoms with van der Waals surface area (Å²) in [5.74, 6) is -2.72. The van der Waals surface area contributed by atoms with Crippen molar-refractivity contribution in [1.82, 2.24) is 0 Å². The number of rotatable bonds is 4. The molecule has 3 N–H and O–H groups in total. The zero-order chi connectivity index (χ0) is 9.89. The SMILES string of the molecule is C=C(C(=O)O)C(C(N)=O)C(C)C. The van der Waals surface area contributed by atoms with E-state index < -0.39 is 17.8 Å². The van der Waals surface area contributed by atoms with Crippen molar-refractivity contribution in [2.75, 3.05) is 0 Å². The molecule has 4 heteroatoms. The van der Waals surface area contributed by atoms with Crippen molar-refractivity contribution in [2.24, 2.45) is 17.6 Å². The molecule has 0 saturated carbocycles. The first kappa shape index (κ1) is 10.7. The van der Waals surface area contributed by atoms with E-state index in [0.29, 0.717) is 0 Å². The number of carboxylic acids is 1. The molecule has 0 saturated heterocycles. The van der Waals surface area contributed by atoms with E-state index in [-0.39, 0.29) is 11.5 Å². The number of hydrogen-bond donors (Lipinski definition) is 2. The van der Waals surface area contributed by atoms with Crippen molar-refractivity contribution < 1.29 is 14.7 Å². The van der Waals surface area contributed by atoms with Gasteiger partial charge in [-0.2, -0.15) is 0 Å². The molecule has 0 aliphatic heterocycles. The molecule has 0 fully saturated rings. The first-order valence-corrected chi connectivity index (χ1v) is 3.59. The summed E-state index contributed by atoms with van der Waals surface area (Å²) in [6, 6.07) is 0. The number of hydrogen-bond acceptors (Lipinski definition) is 2. The average molecular weight is 171 g/mol. The fourth-order valence-electron chi connectivity index (χ4n) is 1.04. The van der Waals surface area contributed by atoms with Crippen LogP contribution in [0.25, 0.3) is 0 Å². The lowest BCUT2D eigenvalue weighted by atomic mass is 9.88. The molecule has 0 aromatic heterocycles. The van der Waals surface area contributed by atoms with Gasteiger partial charge in [0.25, 0.3) is 0 Å². The summed E-state index contributed by atoms with van der Waals surface area (Å²) in [6.07, 6.45) is 0. The molecule has 0 aromatic rings. The second-order valence-corrected chi connectivity index (χ2v) is 2.95. The van der Waals surface area contributed by atoms with Gasteiger partial charge in [0.1, 0.15) is 0 Å². The van der Waals surface area contributed by atoms with Crippen LogP contribution < -0.4 is 5.73 Å². The number of nitrogens with two attached hydrogens (primary N) is 1. The number of carbonyl (C=O) groups excluding carboxylic acids is 1. The first-order valence-electron chi connectivity index (χ1n) is 3.59. The molecule has 68 valence electrons. The lowest BCUT2D eigenvalue weighted by Gasteiger charge is -2.16. The van der Waals surface area contributed by atoms with Crippen LogP contribution in [0.5, 0.6) is 0 Å². The van der Waals surface area contributed by atoms with E-state index in [1.807, 2.05) is 0 Å². The maximum Gasteiger partial charge on any atom is 0.331 e. The van der Waals surface area contributed by atoms with Crippen molar-refractivity contribution in [3.05, 3.63) is 12.2 Å². The van der Waals surface area contributed by atoms with Crippen LogP contribution in [0.4, 0.5) is 0 Å². The molecule has 1 unspecified atom stereocenters. The van der Waals surface area contributed by atoms with Crippen molar-refractivity contribution >= 4 is 11.9 Å². The Kier molecular flexibility index (Phi) is 3.47. The van der Waals surface area contributed by atoms with Crippen molar-refractivity contribution in [3.8, 4) is 0 Å². The third-order valence-electron chi connectivity index (χ3n) is 1.62. The van der Waals surface area contributed by atoms with E-state index in [2.05, 4.69) is 6.58 Å². The molecule has 0 bridgehead atoms. The summed E-state index contributed by atoms with van der Waals surface area (Å²) >= 11 is 0. The first-order chi connectivity index (χ1) is 5.37. The zero-order valence-electron chi connectivity index (χ0n) is 7.20. The zero-order valence-corrected chi connectivity index (χ0v) is 7.20. The maximum absolute atomic E-state index is 10.8. The van der Waals surface area contributed by atoms with Crippen molar-refractivity contribution in [3.63, 3.8) is 0 Å². The highest BCUT2D eigenvalue weighted by Crippen LogP contribution is 2.18. The molecule has 0 rings (SSSR count). The third kappa shape index (κ3) is 2.38. The fourth-order valence-corrected chi connectivity index (χ4v) is 1.04. The van der Waals surface area contributed by atoms with Gasteiger partial charge in [-0.1, -0.05) is 20.4 Å². The summed E-state index contributed by atoms with van der Waals surface area (Å²) in [7, 11) is 0. The van der Waals surface area contributed by atoms with Gasteiger partial charge in [0.05, 0.1) is 5.92 Å². The number of carboxylic acid groups (broad SMARTS) is 1. The quantitative estimate of drug-likeness (QED) is 0.600. The van der Waals surface area contributed by atoms with E-state index in [0.717, 1.165) is 0 Å². The molecule has 1 atom stereocenters. The monoisotopic (exact) mass is 171 g/mol. The Hall–Kier alpha value is -1.32. The highest BCUT2D eigenvalue weighted by molar-refractivity contribution is 5.95. The van der Waals surface area contributed by atoms with Gasteiger partial charge in [-0.05, 0) is 5.92 Å². The molecule has 0 aliphatic carbocycles. The van der Waals surface area contributed by atoms with Gasteiger partial charge >= 0.3 is 5.97 Å². The van der Waals surface area contributed by atoms with Crippen LogP contribution >= 0.6 is 0 Å². The van der Waals surface area contributed by atoms with Crippen LogP contribution in [0.15, 0.2) is 12.2 Å². The van der Waals surface area contributed by atoms with Crippen LogP contribution in [-0.4, -0.2) is 17.0 Å². The van der Waals surface area contributed by atoms with E-state index in [1.165, 1.54) is 0 Å². The number of primary amides is 1. The molecule has 0 aromatic carbocycles. The molecule has 0 spiro atoms. The molecule has 4 nitrogen and oxygen atoms in total. The Bertz CT molecular complexity index is 220. The minimum atomic E-state index is -1.17. The largest absolute Gasteiger partial charge is 0.478 e. The second kappa shape index (κ2) is 3.90. The van der Waals surface area contributed by atoms with Crippen LogP contribution in [0, 0.1) is 11.8 Å². The van der Waals surface area contributed by atoms with E-state index in [4.69, 9.17) is 10.8 Å². The minimum Gasteiger partial charge on any atom is -0.478 e. The Morgan fingerprint density at radius 2 is 1.83 bits per heavy atom. The summed E-state index contributed by atoms with van der Waals surface area (Å²) < 4.78 is 0. The molecule has 0 aliphatic rings. The summed E-state index contributed by atoms with van der Waals surface area (Å²) in [4.78, 5) is 21.2. The molecule has 1 amide bonds. The Morgan fingerprint density at radius 1 is 1.42 bits per heavy atom. The van der Waals surface area contributed by atoms with Crippen molar-refractivity contribution in [2.45, 2.75) is 13.8 Å². The van der Waals surface area contributed by atoms with Crippen LogP contribution in [0.3, 0.4) is 0 Å². The molecule has 0 heterocycles. The van der Waals surface area contributed by atoms with Gasteiger partial charge in [0.2, 0.25) is 5.91 Å². The van der Waals surface area contributed by atoms with Gasteiger partial charge in [0, 0.05) is 5.57 Å². The molecule has 12 heavy (non-hydrogen) atoms. The molecular formula is C8H13NO3. The van der Waals surface area contributed by atoms with Crippen LogP contribution in [-0.2, 0) is 9.59 Å².